The smallest absolute Gasteiger partial charge is 0.239 e. The summed E-state index contributed by atoms with van der Waals surface area (Å²) >= 11 is 0. The van der Waals surface area contributed by atoms with Gasteiger partial charge in [-0.15, -0.1) is 12.4 Å². The molecule has 1 aliphatic heterocycles. The highest BCUT2D eigenvalue weighted by Gasteiger charge is 2.28. The molecule has 6 nitrogen and oxygen atoms in total. The molecular weight excluding hydrogens is 364 g/mol. The largest absolute Gasteiger partial charge is 0.352 e. The Kier molecular flexibility index (Phi) is 9.77. The Hall–Kier alpha value is -1.63. The number of rotatable bonds is 8. The summed E-state index contributed by atoms with van der Waals surface area (Å²) in [5.74, 6) is 0.0309. The lowest BCUT2D eigenvalue weighted by Crippen LogP contribution is -2.49. The van der Waals surface area contributed by atoms with E-state index < -0.39 is 6.04 Å². The van der Waals surface area contributed by atoms with E-state index in [1.807, 2.05) is 26.8 Å². The van der Waals surface area contributed by atoms with E-state index in [-0.39, 0.29) is 42.7 Å². The second-order valence-corrected chi connectivity index (χ2v) is 7.61. The third-order valence-corrected chi connectivity index (χ3v) is 5.10. The minimum absolute atomic E-state index is 0. The molecule has 2 rings (SSSR count). The van der Waals surface area contributed by atoms with Gasteiger partial charge in [-0.05, 0) is 37.3 Å². The molecule has 1 aromatic carbocycles. The number of nitrogens with two attached hydrogens (primary N) is 1. The maximum absolute atomic E-state index is 12.1. The third-order valence-electron chi connectivity index (χ3n) is 5.10. The number of nitrogens with one attached hydrogen (secondary N) is 2. The van der Waals surface area contributed by atoms with E-state index in [1.54, 1.807) is 0 Å². The maximum atomic E-state index is 12.1. The first-order valence-corrected chi connectivity index (χ1v) is 9.45. The molecule has 152 valence electrons. The number of carbonyl (C=O) groups excluding carboxylic acids is 2. The molecule has 0 bridgehead atoms. The summed E-state index contributed by atoms with van der Waals surface area (Å²) in [5, 5.41) is 5.62. The zero-order valence-corrected chi connectivity index (χ0v) is 17.3. The molecule has 0 radical (unpaired) electrons. The number of nitrogens with zero attached hydrogens (tertiary/aromatic N) is 1. The minimum Gasteiger partial charge on any atom is -0.352 e. The van der Waals surface area contributed by atoms with E-state index in [1.165, 1.54) is 5.56 Å². The number of carbonyl (C=O) groups is 2. The number of amides is 2. The number of hydrogen-bond donors (Lipinski definition) is 3. The van der Waals surface area contributed by atoms with Crippen molar-refractivity contribution in [3.05, 3.63) is 35.9 Å². The van der Waals surface area contributed by atoms with Crippen LogP contribution in [0.1, 0.15) is 32.8 Å². The van der Waals surface area contributed by atoms with E-state index in [9.17, 15) is 9.59 Å². The topological polar surface area (TPSA) is 87.5 Å². The van der Waals surface area contributed by atoms with E-state index >= 15 is 0 Å². The Morgan fingerprint density at radius 3 is 2.52 bits per heavy atom. The van der Waals surface area contributed by atoms with Crippen LogP contribution in [0.3, 0.4) is 0 Å². The molecule has 0 saturated carbocycles. The van der Waals surface area contributed by atoms with Crippen LogP contribution in [0.5, 0.6) is 0 Å². The molecule has 27 heavy (non-hydrogen) atoms. The Morgan fingerprint density at radius 2 is 1.89 bits per heavy atom. The lowest BCUT2D eigenvalue weighted by atomic mass is 10.0. The number of hydrogen-bond acceptors (Lipinski definition) is 4. The summed E-state index contributed by atoms with van der Waals surface area (Å²) in [6.45, 7) is 8.74. The highest BCUT2D eigenvalue weighted by molar-refractivity contribution is 5.87. The van der Waals surface area contributed by atoms with Gasteiger partial charge in [-0.2, -0.15) is 0 Å². The van der Waals surface area contributed by atoms with Crippen molar-refractivity contribution in [2.45, 2.75) is 45.8 Å². The van der Waals surface area contributed by atoms with Gasteiger partial charge in [0.05, 0.1) is 12.6 Å². The van der Waals surface area contributed by atoms with Crippen LogP contribution in [0.25, 0.3) is 0 Å². The van der Waals surface area contributed by atoms with E-state index in [2.05, 4.69) is 39.8 Å². The molecule has 1 aromatic rings. The van der Waals surface area contributed by atoms with Crippen molar-refractivity contribution in [1.29, 1.82) is 0 Å². The first-order chi connectivity index (χ1) is 12.4. The van der Waals surface area contributed by atoms with Gasteiger partial charge in [0.2, 0.25) is 11.8 Å². The molecular formula is C20H33ClN4O2. The quantitative estimate of drug-likeness (QED) is 0.622. The van der Waals surface area contributed by atoms with Crippen molar-refractivity contribution in [2.24, 2.45) is 17.6 Å². The first-order valence-electron chi connectivity index (χ1n) is 9.45. The van der Waals surface area contributed by atoms with E-state index in [0.29, 0.717) is 5.92 Å². The molecule has 0 aromatic heterocycles. The van der Waals surface area contributed by atoms with Gasteiger partial charge in [-0.3, -0.25) is 14.5 Å². The Morgan fingerprint density at radius 1 is 1.22 bits per heavy atom. The summed E-state index contributed by atoms with van der Waals surface area (Å²) in [5.41, 5.74) is 7.09. The fraction of sp³-hybridized carbons (Fsp3) is 0.600. The van der Waals surface area contributed by atoms with Crippen molar-refractivity contribution in [3.8, 4) is 0 Å². The zero-order chi connectivity index (χ0) is 19.1. The van der Waals surface area contributed by atoms with Gasteiger partial charge in [0, 0.05) is 19.1 Å². The maximum Gasteiger partial charge on any atom is 0.239 e. The molecule has 3 atom stereocenters. The van der Waals surface area contributed by atoms with Crippen molar-refractivity contribution < 1.29 is 9.59 Å². The highest BCUT2D eigenvalue weighted by Crippen LogP contribution is 2.21. The van der Waals surface area contributed by atoms with Crippen LogP contribution in [0.4, 0.5) is 0 Å². The summed E-state index contributed by atoms with van der Waals surface area (Å²) < 4.78 is 0. The molecule has 2 amide bonds. The minimum atomic E-state index is -0.582. The Bertz CT molecular complexity index is 597. The predicted molar refractivity (Wildman–Crippen MR) is 111 cm³/mol. The van der Waals surface area contributed by atoms with Crippen molar-refractivity contribution in [2.75, 3.05) is 19.6 Å². The van der Waals surface area contributed by atoms with Gasteiger partial charge in [-0.1, -0.05) is 44.2 Å². The molecule has 1 aliphatic rings. The average molecular weight is 397 g/mol. The summed E-state index contributed by atoms with van der Waals surface area (Å²) in [4.78, 5) is 26.3. The van der Waals surface area contributed by atoms with Crippen LogP contribution in [-0.2, 0) is 16.1 Å². The van der Waals surface area contributed by atoms with Crippen molar-refractivity contribution in [3.63, 3.8) is 0 Å². The van der Waals surface area contributed by atoms with Crippen molar-refractivity contribution >= 4 is 24.2 Å². The predicted octanol–water partition coefficient (Wildman–Crippen LogP) is 1.53. The van der Waals surface area contributed by atoms with Gasteiger partial charge in [0.25, 0.3) is 0 Å². The van der Waals surface area contributed by atoms with Gasteiger partial charge in [0.1, 0.15) is 0 Å². The normalized spacial score (nSPS) is 19.2. The summed E-state index contributed by atoms with van der Waals surface area (Å²) in [6, 6.07) is 9.93. The highest BCUT2D eigenvalue weighted by atomic mass is 35.5. The molecule has 1 heterocycles. The van der Waals surface area contributed by atoms with Gasteiger partial charge < -0.3 is 16.4 Å². The van der Waals surface area contributed by atoms with Crippen LogP contribution in [0.2, 0.25) is 0 Å². The van der Waals surface area contributed by atoms with E-state index in [0.717, 1.165) is 26.1 Å². The molecule has 7 heteroatoms. The molecule has 2 unspecified atom stereocenters. The fourth-order valence-electron chi connectivity index (χ4n) is 3.27. The monoisotopic (exact) mass is 396 g/mol. The standard InChI is InChI=1S/C20H32N4O2.ClH/c1-14(2)19(21)20(26)22-11-18(25)23-15(3)17-9-10-24(13-17)12-16-7-5-4-6-8-16;/h4-8,14-15,17,19H,9-13,21H2,1-3H3,(H,22,26)(H,23,25);1H/t15?,17?,19-;/m0./s1. The lowest BCUT2D eigenvalue weighted by molar-refractivity contribution is -0.127. The first kappa shape index (κ1) is 23.4. The molecule has 0 aliphatic carbocycles. The average Bonchev–Trinajstić information content (AvgIpc) is 3.08. The van der Waals surface area contributed by atoms with Gasteiger partial charge in [0.15, 0.2) is 0 Å². The summed E-state index contributed by atoms with van der Waals surface area (Å²) in [7, 11) is 0. The van der Waals surface area contributed by atoms with Gasteiger partial charge in [-0.25, -0.2) is 0 Å². The lowest BCUT2D eigenvalue weighted by Gasteiger charge is -2.22. The molecule has 0 spiro atoms. The fourth-order valence-corrected chi connectivity index (χ4v) is 3.27. The number of likely N-dealkylation sites (tertiary alicyclic amines) is 1. The van der Waals surface area contributed by atoms with Crippen LogP contribution in [0, 0.1) is 11.8 Å². The van der Waals surface area contributed by atoms with Crippen LogP contribution >= 0.6 is 12.4 Å². The SMILES string of the molecule is CC(NC(=O)CNC(=O)[C@@H](N)C(C)C)C1CCN(Cc2ccccc2)C1.Cl. The van der Waals surface area contributed by atoms with Crippen molar-refractivity contribution in [1.82, 2.24) is 15.5 Å². The Labute approximate surface area is 168 Å². The second-order valence-electron chi connectivity index (χ2n) is 7.61. The molecule has 1 fully saturated rings. The molecule has 1 saturated heterocycles. The van der Waals surface area contributed by atoms with Crippen LogP contribution < -0.4 is 16.4 Å². The molecule has 4 N–H and O–H groups in total. The Balaban J connectivity index is 0.00000364. The van der Waals surface area contributed by atoms with E-state index in [4.69, 9.17) is 5.73 Å². The number of halogens is 1. The number of benzene rings is 1. The van der Waals surface area contributed by atoms with Gasteiger partial charge >= 0.3 is 0 Å². The third kappa shape index (κ3) is 7.48. The second kappa shape index (κ2) is 11.3. The summed E-state index contributed by atoms with van der Waals surface area (Å²) in [6.07, 6.45) is 1.07. The van der Waals surface area contributed by atoms with Crippen LogP contribution in [0.15, 0.2) is 30.3 Å². The van der Waals surface area contributed by atoms with Crippen LogP contribution in [-0.4, -0.2) is 48.4 Å². The zero-order valence-electron chi connectivity index (χ0n) is 16.5.